The molecule has 2 aromatic rings. The van der Waals surface area contributed by atoms with Crippen LogP contribution in [-0.4, -0.2) is 23.4 Å². The van der Waals surface area contributed by atoms with E-state index in [0.717, 1.165) is 17.2 Å². The third-order valence-corrected chi connectivity index (χ3v) is 3.68. The number of benzene rings is 2. The van der Waals surface area contributed by atoms with Crippen LogP contribution in [0.25, 0.3) is 0 Å². The van der Waals surface area contributed by atoms with Crippen molar-refractivity contribution in [3.8, 4) is 0 Å². The summed E-state index contributed by atoms with van der Waals surface area (Å²) >= 11 is 5.68. The lowest BCUT2D eigenvalue weighted by atomic mass is 10.1. The van der Waals surface area contributed by atoms with Crippen LogP contribution in [0.15, 0.2) is 42.5 Å². The van der Waals surface area contributed by atoms with Crippen LogP contribution in [0.2, 0.25) is 5.02 Å². The second-order valence-corrected chi connectivity index (χ2v) is 5.63. The fourth-order valence-electron chi connectivity index (χ4n) is 2.09. The molecule has 2 aromatic carbocycles. The van der Waals surface area contributed by atoms with Gasteiger partial charge in [0.25, 0.3) is 11.6 Å². The highest BCUT2D eigenvalue weighted by molar-refractivity contribution is 6.31. The molecule has 0 saturated heterocycles. The van der Waals surface area contributed by atoms with Crippen LogP contribution in [0.4, 0.5) is 5.69 Å². The van der Waals surface area contributed by atoms with Crippen molar-refractivity contribution in [2.45, 2.75) is 13.5 Å². The molecular formula is C17H15ClN2O5. The van der Waals surface area contributed by atoms with E-state index < -0.39 is 29.1 Å². The van der Waals surface area contributed by atoms with Gasteiger partial charge < -0.3 is 10.1 Å². The number of carbonyl (C=O) groups is 2. The molecule has 1 amide bonds. The molecule has 25 heavy (non-hydrogen) atoms. The van der Waals surface area contributed by atoms with E-state index in [2.05, 4.69) is 5.32 Å². The molecule has 0 aliphatic carbocycles. The number of nitrogens with zero attached hydrogens (tertiary/aromatic N) is 1. The van der Waals surface area contributed by atoms with Gasteiger partial charge in [0, 0.05) is 17.6 Å². The first-order chi connectivity index (χ1) is 11.9. The minimum absolute atomic E-state index is 0.124. The zero-order chi connectivity index (χ0) is 18.4. The maximum absolute atomic E-state index is 12.0. The van der Waals surface area contributed by atoms with E-state index in [1.807, 2.05) is 31.2 Å². The van der Waals surface area contributed by atoms with E-state index >= 15 is 0 Å². The topological polar surface area (TPSA) is 98.5 Å². The first kappa shape index (κ1) is 18.4. The average molecular weight is 363 g/mol. The zero-order valence-electron chi connectivity index (χ0n) is 13.3. The largest absolute Gasteiger partial charge is 0.452 e. The average Bonchev–Trinajstić information content (AvgIpc) is 2.58. The molecule has 2 rings (SSSR count). The molecule has 0 spiro atoms. The van der Waals surface area contributed by atoms with E-state index in [1.165, 1.54) is 12.1 Å². The van der Waals surface area contributed by atoms with Crippen molar-refractivity contribution < 1.29 is 19.2 Å². The summed E-state index contributed by atoms with van der Waals surface area (Å²) < 4.78 is 4.84. The highest BCUT2D eigenvalue weighted by Crippen LogP contribution is 2.23. The number of hydrogen-bond acceptors (Lipinski definition) is 5. The highest BCUT2D eigenvalue weighted by Gasteiger charge is 2.22. The summed E-state index contributed by atoms with van der Waals surface area (Å²) in [5, 5.41) is 13.7. The molecule has 0 fully saturated rings. The standard InChI is InChI=1S/C17H15ClN2O5/c1-11-4-2-3-5-12(11)9-19-16(21)10-25-17(22)14-7-6-13(18)8-15(14)20(23)24/h2-8H,9-10H2,1H3,(H,19,21). The van der Waals surface area contributed by atoms with E-state index in [4.69, 9.17) is 16.3 Å². The number of carbonyl (C=O) groups excluding carboxylic acids is 2. The number of ether oxygens (including phenoxy) is 1. The molecule has 8 heteroatoms. The van der Waals surface area contributed by atoms with E-state index in [9.17, 15) is 19.7 Å². The number of hydrogen-bond donors (Lipinski definition) is 1. The van der Waals surface area contributed by atoms with Crippen molar-refractivity contribution in [3.63, 3.8) is 0 Å². The number of halogens is 1. The van der Waals surface area contributed by atoms with Gasteiger partial charge in [0.15, 0.2) is 6.61 Å². The van der Waals surface area contributed by atoms with Gasteiger partial charge in [-0.3, -0.25) is 14.9 Å². The van der Waals surface area contributed by atoms with Gasteiger partial charge in [0.2, 0.25) is 0 Å². The lowest BCUT2D eigenvalue weighted by Gasteiger charge is -2.09. The minimum Gasteiger partial charge on any atom is -0.452 e. The molecule has 0 bridgehead atoms. The molecule has 130 valence electrons. The van der Waals surface area contributed by atoms with Crippen molar-refractivity contribution in [2.75, 3.05) is 6.61 Å². The van der Waals surface area contributed by atoms with Crippen LogP contribution in [0.3, 0.4) is 0 Å². The maximum Gasteiger partial charge on any atom is 0.345 e. The van der Waals surface area contributed by atoms with Crippen LogP contribution in [0.1, 0.15) is 21.5 Å². The van der Waals surface area contributed by atoms with Crippen molar-refractivity contribution in [1.82, 2.24) is 5.32 Å². The molecule has 0 heterocycles. The number of rotatable bonds is 6. The summed E-state index contributed by atoms with van der Waals surface area (Å²) in [7, 11) is 0. The van der Waals surface area contributed by atoms with E-state index in [0.29, 0.717) is 6.54 Å². The molecule has 1 N–H and O–H groups in total. The van der Waals surface area contributed by atoms with E-state index in [-0.39, 0.29) is 10.6 Å². The molecule has 0 aliphatic heterocycles. The van der Waals surface area contributed by atoms with E-state index in [1.54, 1.807) is 0 Å². The third-order valence-electron chi connectivity index (χ3n) is 3.45. The second kappa shape index (κ2) is 8.25. The van der Waals surface area contributed by atoms with Gasteiger partial charge in [-0.15, -0.1) is 0 Å². The Kier molecular flexibility index (Phi) is 6.08. The molecule has 0 atom stereocenters. The lowest BCUT2D eigenvalue weighted by molar-refractivity contribution is -0.385. The van der Waals surface area contributed by atoms with Crippen molar-refractivity contribution in [3.05, 3.63) is 74.3 Å². The van der Waals surface area contributed by atoms with Crippen LogP contribution in [-0.2, 0) is 16.1 Å². The Morgan fingerprint density at radius 3 is 2.64 bits per heavy atom. The van der Waals surface area contributed by atoms with Gasteiger partial charge >= 0.3 is 5.97 Å². The number of esters is 1. The SMILES string of the molecule is Cc1ccccc1CNC(=O)COC(=O)c1ccc(Cl)cc1[N+](=O)[O-]. The quantitative estimate of drug-likeness (QED) is 0.483. The van der Waals surface area contributed by atoms with Gasteiger partial charge in [0.05, 0.1) is 4.92 Å². The smallest absolute Gasteiger partial charge is 0.345 e. The van der Waals surface area contributed by atoms with Crippen molar-refractivity contribution >= 4 is 29.2 Å². The zero-order valence-corrected chi connectivity index (χ0v) is 14.1. The lowest BCUT2D eigenvalue weighted by Crippen LogP contribution is -2.28. The molecule has 0 aromatic heterocycles. The van der Waals surface area contributed by atoms with Crippen LogP contribution < -0.4 is 5.32 Å². The Morgan fingerprint density at radius 1 is 1.24 bits per heavy atom. The summed E-state index contributed by atoms with van der Waals surface area (Å²) in [6, 6.07) is 11.1. The van der Waals surface area contributed by atoms with Gasteiger partial charge in [-0.25, -0.2) is 4.79 Å². The normalized spacial score (nSPS) is 10.2. The summed E-state index contributed by atoms with van der Waals surface area (Å²) in [6.07, 6.45) is 0. The Bertz CT molecular complexity index is 822. The number of nitro groups is 1. The summed E-state index contributed by atoms with van der Waals surface area (Å²) in [5.74, 6) is -1.47. The number of nitro benzene ring substituents is 1. The van der Waals surface area contributed by atoms with Gasteiger partial charge in [-0.1, -0.05) is 35.9 Å². The summed E-state index contributed by atoms with van der Waals surface area (Å²) in [4.78, 5) is 34.0. The van der Waals surface area contributed by atoms with Gasteiger partial charge in [-0.05, 0) is 30.2 Å². The first-order valence-corrected chi connectivity index (χ1v) is 7.68. The van der Waals surface area contributed by atoms with Gasteiger partial charge in [0.1, 0.15) is 5.56 Å². The predicted octanol–water partition coefficient (Wildman–Crippen LogP) is 3.03. The third kappa shape index (κ3) is 5.02. The Hall–Kier alpha value is -2.93. The fourth-order valence-corrected chi connectivity index (χ4v) is 2.26. The summed E-state index contributed by atoms with van der Waals surface area (Å²) in [6.45, 7) is 1.68. The maximum atomic E-state index is 12.0. The Morgan fingerprint density at radius 2 is 1.96 bits per heavy atom. The Labute approximate surface area is 148 Å². The number of amides is 1. The van der Waals surface area contributed by atoms with Crippen LogP contribution in [0, 0.1) is 17.0 Å². The monoisotopic (exact) mass is 362 g/mol. The van der Waals surface area contributed by atoms with Crippen molar-refractivity contribution in [1.29, 1.82) is 0 Å². The number of aryl methyl sites for hydroxylation is 1. The fraction of sp³-hybridized carbons (Fsp3) is 0.176. The molecular weight excluding hydrogens is 348 g/mol. The number of nitrogens with one attached hydrogen (secondary N) is 1. The molecule has 7 nitrogen and oxygen atoms in total. The first-order valence-electron chi connectivity index (χ1n) is 7.30. The Balaban J connectivity index is 1.93. The molecule has 0 radical (unpaired) electrons. The van der Waals surface area contributed by atoms with Gasteiger partial charge in [-0.2, -0.15) is 0 Å². The van der Waals surface area contributed by atoms with Crippen LogP contribution >= 0.6 is 11.6 Å². The summed E-state index contributed by atoms with van der Waals surface area (Å²) in [5.41, 5.74) is 1.23. The minimum atomic E-state index is -0.964. The van der Waals surface area contributed by atoms with Crippen LogP contribution in [0.5, 0.6) is 0 Å². The highest BCUT2D eigenvalue weighted by atomic mass is 35.5. The predicted molar refractivity (Wildman–Crippen MR) is 91.4 cm³/mol. The molecule has 0 aliphatic rings. The molecule has 0 unspecified atom stereocenters. The van der Waals surface area contributed by atoms with Crippen molar-refractivity contribution in [2.24, 2.45) is 0 Å². The molecule has 0 saturated carbocycles. The second-order valence-electron chi connectivity index (χ2n) is 5.20.